The normalized spacial score (nSPS) is 12.4. The summed E-state index contributed by atoms with van der Waals surface area (Å²) in [5.41, 5.74) is 1.18. The predicted molar refractivity (Wildman–Crippen MR) is 84.7 cm³/mol. The minimum Gasteiger partial charge on any atom is -0.310 e. The minimum atomic E-state index is -0.487. The van der Waals surface area contributed by atoms with E-state index in [1.54, 1.807) is 11.8 Å². The number of rotatable bonds is 6. The van der Waals surface area contributed by atoms with Gasteiger partial charge in [0.25, 0.3) is 0 Å². The van der Waals surface area contributed by atoms with Crippen molar-refractivity contribution in [3.8, 4) is 0 Å². The molecule has 0 fully saturated rings. The van der Waals surface area contributed by atoms with Crippen LogP contribution in [0.25, 0.3) is 0 Å². The van der Waals surface area contributed by atoms with Gasteiger partial charge in [-0.1, -0.05) is 25.1 Å². The number of nitrogens with one attached hydrogen (secondary N) is 1. The van der Waals surface area contributed by atoms with Crippen LogP contribution in [-0.4, -0.2) is 12.8 Å². The molecule has 0 spiro atoms. The Morgan fingerprint density at radius 1 is 1.05 bits per heavy atom. The van der Waals surface area contributed by atoms with Crippen LogP contribution in [0.2, 0.25) is 0 Å². The predicted octanol–water partition coefficient (Wildman–Crippen LogP) is 4.58. The van der Waals surface area contributed by atoms with Gasteiger partial charge in [0.2, 0.25) is 0 Å². The van der Waals surface area contributed by atoms with Crippen LogP contribution in [0, 0.1) is 11.6 Å². The summed E-state index contributed by atoms with van der Waals surface area (Å²) in [6, 6.07) is 12.0. The second-order valence-electron chi connectivity index (χ2n) is 4.79. The van der Waals surface area contributed by atoms with Crippen molar-refractivity contribution >= 4 is 11.8 Å². The Morgan fingerprint density at radius 2 is 1.67 bits per heavy atom. The smallest absolute Gasteiger partial charge is 0.129 e. The molecule has 21 heavy (non-hydrogen) atoms. The lowest BCUT2D eigenvalue weighted by Gasteiger charge is -2.19. The Morgan fingerprint density at radius 3 is 2.19 bits per heavy atom. The maximum absolute atomic E-state index is 13.8. The van der Waals surface area contributed by atoms with Gasteiger partial charge in [0.1, 0.15) is 11.6 Å². The van der Waals surface area contributed by atoms with Gasteiger partial charge in [-0.15, -0.1) is 11.8 Å². The first-order chi connectivity index (χ1) is 10.2. The Bertz CT molecular complexity index is 564. The quantitative estimate of drug-likeness (QED) is 0.784. The van der Waals surface area contributed by atoms with Crippen LogP contribution in [0.4, 0.5) is 8.78 Å². The number of hydrogen-bond acceptors (Lipinski definition) is 2. The maximum atomic E-state index is 13.8. The number of hydrogen-bond donors (Lipinski definition) is 1. The number of thioether (sulfide) groups is 1. The fourth-order valence-electron chi connectivity index (χ4n) is 2.32. The lowest BCUT2D eigenvalue weighted by molar-refractivity contribution is 0.499. The van der Waals surface area contributed by atoms with Gasteiger partial charge in [0, 0.05) is 16.5 Å². The van der Waals surface area contributed by atoms with Gasteiger partial charge in [0.05, 0.1) is 0 Å². The lowest BCUT2D eigenvalue weighted by Crippen LogP contribution is -2.23. The number of benzene rings is 2. The van der Waals surface area contributed by atoms with Crippen molar-refractivity contribution in [1.82, 2.24) is 5.32 Å². The monoisotopic (exact) mass is 307 g/mol. The molecular formula is C17H19F2NS. The molecule has 0 saturated heterocycles. The van der Waals surface area contributed by atoms with Crippen molar-refractivity contribution < 1.29 is 8.78 Å². The molecule has 0 aliphatic rings. The molecule has 0 heterocycles. The van der Waals surface area contributed by atoms with Gasteiger partial charge in [0.15, 0.2) is 0 Å². The average molecular weight is 307 g/mol. The molecule has 2 rings (SSSR count). The summed E-state index contributed by atoms with van der Waals surface area (Å²) in [6.45, 7) is 2.73. The zero-order valence-corrected chi connectivity index (χ0v) is 13.0. The molecule has 1 N–H and O–H groups in total. The first-order valence-electron chi connectivity index (χ1n) is 6.96. The first kappa shape index (κ1) is 16.0. The standard InChI is InChI=1S/C17H19F2NS/c1-3-20-17(12-7-9-13(21-2)10-8-12)11-14-15(18)5-4-6-16(14)19/h4-10,17,20H,3,11H2,1-2H3. The third kappa shape index (κ3) is 4.05. The second-order valence-corrected chi connectivity index (χ2v) is 5.67. The summed E-state index contributed by atoms with van der Waals surface area (Å²) < 4.78 is 27.6. The molecule has 0 bridgehead atoms. The van der Waals surface area contributed by atoms with E-state index in [4.69, 9.17) is 0 Å². The van der Waals surface area contributed by atoms with Crippen molar-refractivity contribution in [2.45, 2.75) is 24.3 Å². The zero-order chi connectivity index (χ0) is 15.2. The topological polar surface area (TPSA) is 12.0 Å². The highest BCUT2D eigenvalue weighted by Gasteiger charge is 2.16. The second kappa shape index (κ2) is 7.57. The minimum absolute atomic E-state index is 0.0997. The molecule has 2 aromatic rings. The van der Waals surface area contributed by atoms with Crippen molar-refractivity contribution in [2.75, 3.05) is 12.8 Å². The third-order valence-electron chi connectivity index (χ3n) is 3.44. The lowest BCUT2D eigenvalue weighted by atomic mass is 9.98. The van der Waals surface area contributed by atoms with Gasteiger partial charge in [-0.2, -0.15) is 0 Å². The molecule has 112 valence electrons. The molecule has 0 aliphatic carbocycles. The van der Waals surface area contributed by atoms with Crippen LogP contribution >= 0.6 is 11.8 Å². The van der Waals surface area contributed by atoms with Gasteiger partial charge in [-0.3, -0.25) is 0 Å². The molecule has 0 radical (unpaired) electrons. The van der Waals surface area contributed by atoms with Crippen molar-refractivity contribution in [1.29, 1.82) is 0 Å². The van der Waals surface area contributed by atoms with Crippen LogP contribution < -0.4 is 5.32 Å². The van der Waals surface area contributed by atoms with E-state index in [0.717, 1.165) is 12.1 Å². The fourth-order valence-corrected chi connectivity index (χ4v) is 2.73. The van der Waals surface area contributed by atoms with Gasteiger partial charge >= 0.3 is 0 Å². The van der Waals surface area contributed by atoms with E-state index in [-0.39, 0.29) is 11.6 Å². The Labute approximate surface area is 128 Å². The average Bonchev–Trinajstić information content (AvgIpc) is 2.50. The van der Waals surface area contributed by atoms with E-state index in [0.29, 0.717) is 6.42 Å². The van der Waals surface area contributed by atoms with Crippen molar-refractivity contribution in [3.63, 3.8) is 0 Å². The highest BCUT2D eigenvalue weighted by molar-refractivity contribution is 7.98. The van der Waals surface area contributed by atoms with E-state index < -0.39 is 11.6 Å². The van der Waals surface area contributed by atoms with Crippen LogP contribution in [0.3, 0.4) is 0 Å². The summed E-state index contributed by atoms with van der Waals surface area (Å²) in [5, 5.41) is 3.30. The van der Waals surface area contributed by atoms with Crippen LogP contribution in [-0.2, 0) is 6.42 Å². The fraction of sp³-hybridized carbons (Fsp3) is 0.294. The maximum Gasteiger partial charge on any atom is 0.129 e. The molecule has 4 heteroatoms. The van der Waals surface area contributed by atoms with E-state index in [9.17, 15) is 8.78 Å². The highest BCUT2D eigenvalue weighted by atomic mass is 32.2. The van der Waals surface area contributed by atoms with E-state index in [1.165, 1.54) is 23.1 Å². The Kier molecular flexibility index (Phi) is 5.76. The molecule has 0 amide bonds. The molecule has 1 nitrogen and oxygen atoms in total. The van der Waals surface area contributed by atoms with Gasteiger partial charge in [-0.05, 0) is 49.1 Å². The van der Waals surface area contributed by atoms with Crippen LogP contribution in [0.1, 0.15) is 24.1 Å². The van der Waals surface area contributed by atoms with Crippen LogP contribution in [0.5, 0.6) is 0 Å². The molecule has 2 aromatic carbocycles. The van der Waals surface area contributed by atoms with Crippen molar-refractivity contribution in [2.24, 2.45) is 0 Å². The molecule has 0 aliphatic heterocycles. The number of halogens is 2. The summed E-state index contributed by atoms with van der Waals surface area (Å²) in [6.07, 6.45) is 2.32. The van der Waals surface area contributed by atoms with E-state index >= 15 is 0 Å². The third-order valence-corrected chi connectivity index (χ3v) is 4.18. The summed E-state index contributed by atoms with van der Waals surface area (Å²) >= 11 is 1.67. The molecule has 1 atom stereocenters. The molecular weight excluding hydrogens is 288 g/mol. The highest BCUT2D eigenvalue weighted by Crippen LogP contribution is 2.24. The summed E-state index contributed by atoms with van der Waals surface area (Å²) in [4.78, 5) is 1.17. The Hall–Kier alpha value is -1.39. The summed E-state index contributed by atoms with van der Waals surface area (Å²) in [7, 11) is 0. The first-order valence-corrected chi connectivity index (χ1v) is 8.18. The SMILES string of the molecule is CCNC(Cc1c(F)cccc1F)c1ccc(SC)cc1. The largest absolute Gasteiger partial charge is 0.310 e. The van der Waals surface area contributed by atoms with Gasteiger partial charge < -0.3 is 5.32 Å². The zero-order valence-electron chi connectivity index (χ0n) is 12.2. The molecule has 1 unspecified atom stereocenters. The number of likely N-dealkylation sites (N-methyl/N-ethyl adjacent to an activating group) is 1. The van der Waals surface area contributed by atoms with E-state index in [2.05, 4.69) is 5.32 Å². The van der Waals surface area contributed by atoms with Crippen LogP contribution in [0.15, 0.2) is 47.4 Å². The van der Waals surface area contributed by atoms with Gasteiger partial charge in [-0.25, -0.2) is 8.78 Å². The van der Waals surface area contributed by atoms with Crippen molar-refractivity contribution in [3.05, 3.63) is 65.2 Å². The molecule has 0 aromatic heterocycles. The molecule has 0 saturated carbocycles. The van der Waals surface area contributed by atoms with E-state index in [1.807, 2.05) is 37.4 Å². The summed E-state index contributed by atoms with van der Waals surface area (Å²) in [5.74, 6) is -0.975. The Balaban J connectivity index is 2.26.